The average Bonchev–Trinajstić information content (AvgIpc) is 3.36. The Morgan fingerprint density at radius 2 is 1.52 bits per heavy atom. The largest absolute Gasteiger partial charge is 0.298 e. The van der Waals surface area contributed by atoms with Gasteiger partial charge in [-0.25, -0.2) is 13.4 Å². The molecule has 0 atom stereocenters. The van der Waals surface area contributed by atoms with Crippen LogP contribution in [0.25, 0.3) is 22.4 Å². The summed E-state index contributed by atoms with van der Waals surface area (Å²) in [5.41, 5.74) is 4.68. The van der Waals surface area contributed by atoms with Crippen LogP contribution in [-0.4, -0.2) is 19.3 Å². The lowest BCUT2D eigenvalue weighted by Crippen LogP contribution is -2.15. The first-order valence-corrected chi connectivity index (χ1v) is 15.4. The Kier molecular flexibility index (Phi) is 8.30. The molecule has 0 saturated heterocycles. The molecule has 1 heterocycles. The Morgan fingerprint density at radius 3 is 2.23 bits per heavy atom. The fourth-order valence-corrected chi connectivity index (χ4v) is 6.46. The van der Waals surface area contributed by atoms with Crippen LogP contribution in [0.5, 0.6) is 0 Å². The van der Waals surface area contributed by atoms with Crippen LogP contribution in [0.4, 0.5) is 10.8 Å². The number of nitrogens with zero attached hydrogens (tertiary/aromatic N) is 1. The van der Waals surface area contributed by atoms with E-state index in [0.717, 1.165) is 40.1 Å². The molecule has 4 aromatic carbocycles. The first-order chi connectivity index (χ1) is 19.3. The maximum absolute atomic E-state index is 13.1. The van der Waals surface area contributed by atoms with E-state index in [1.165, 1.54) is 41.7 Å². The fraction of sp³-hybridized carbons (Fsp3) is 0.0968. The Labute approximate surface area is 242 Å². The van der Waals surface area contributed by atoms with Crippen molar-refractivity contribution in [2.24, 2.45) is 0 Å². The SMILES string of the molecule is CCCc1sc(NC(=O)c2cccc(NS(=O)(=O)c3ccc(Cl)cc3)c2)nc1-c1ccc(-c2ccccc2)cc1. The molecule has 5 aromatic rings. The van der Waals surface area contributed by atoms with Gasteiger partial charge in [-0.1, -0.05) is 85.6 Å². The molecule has 0 bridgehead atoms. The normalized spacial score (nSPS) is 11.2. The second-order valence-corrected chi connectivity index (χ2v) is 12.3. The summed E-state index contributed by atoms with van der Waals surface area (Å²) in [6, 6.07) is 30.6. The van der Waals surface area contributed by atoms with Crippen LogP contribution in [0.15, 0.2) is 108 Å². The van der Waals surface area contributed by atoms with Crippen molar-refractivity contribution in [1.82, 2.24) is 4.98 Å². The Balaban J connectivity index is 1.34. The third-order valence-corrected chi connectivity index (χ3v) is 8.84. The summed E-state index contributed by atoms with van der Waals surface area (Å²) in [6.07, 6.45) is 1.78. The molecule has 0 saturated carbocycles. The highest BCUT2D eigenvalue weighted by atomic mass is 35.5. The average molecular weight is 588 g/mol. The Bertz CT molecular complexity index is 1740. The minimum absolute atomic E-state index is 0.0716. The van der Waals surface area contributed by atoms with Gasteiger partial charge in [-0.15, -0.1) is 11.3 Å². The van der Waals surface area contributed by atoms with Gasteiger partial charge < -0.3 is 0 Å². The van der Waals surface area contributed by atoms with Gasteiger partial charge in [0.25, 0.3) is 15.9 Å². The molecule has 202 valence electrons. The van der Waals surface area contributed by atoms with Gasteiger partial charge in [0.05, 0.1) is 10.6 Å². The van der Waals surface area contributed by atoms with Gasteiger partial charge in [0.15, 0.2) is 5.13 Å². The smallest absolute Gasteiger partial charge is 0.261 e. The Morgan fingerprint density at radius 1 is 0.850 bits per heavy atom. The predicted octanol–water partition coefficient (Wildman–Crippen LogP) is 8.14. The first-order valence-electron chi connectivity index (χ1n) is 12.7. The maximum Gasteiger partial charge on any atom is 0.261 e. The molecule has 0 aliphatic carbocycles. The number of nitrogens with one attached hydrogen (secondary N) is 2. The van der Waals surface area contributed by atoms with Crippen molar-refractivity contribution >= 4 is 49.7 Å². The van der Waals surface area contributed by atoms with Gasteiger partial charge in [0, 0.05) is 26.7 Å². The van der Waals surface area contributed by atoms with Gasteiger partial charge in [0.2, 0.25) is 0 Å². The van der Waals surface area contributed by atoms with E-state index in [-0.39, 0.29) is 16.5 Å². The lowest BCUT2D eigenvalue weighted by Gasteiger charge is -2.09. The number of rotatable bonds is 9. The van der Waals surface area contributed by atoms with E-state index < -0.39 is 10.0 Å². The lowest BCUT2D eigenvalue weighted by atomic mass is 10.0. The van der Waals surface area contributed by atoms with E-state index in [9.17, 15) is 13.2 Å². The number of aryl methyl sites for hydroxylation is 1. The number of sulfonamides is 1. The molecule has 0 aliphatic rings. The topological polar surface area (TPSA) is 88.2 Å². The zero-order chi connectivity index (χ0) is 28.1. The molecule has 0 fully saturated rings. The number of halogens is 1. The summed E-state index contributed by atoms with van der Waals surface area (Å²) in [5, 5.41) is 3.82. The molecular weight excluding hydrogens is 562 g/mol. The van der Waals surface area contributed by atoms with Crippen LogP contribution in [0.3, 0.4) is 0 Å². The van der Waals surface area contributed by atoms with Crippen molar-refractivity contribution in [2.45, 2.75) is 24.7 Å². The van der Waals surface area contributed by atoms with E-state index in [1.807, 2.05) is 18.2 Å². The molecule has 6 nitrogen and oxygen atoms in total. The molecule has 0 aliphatic heterocycles. The monoisotopic (exact) mass is 587 g/mol. The molecule has 40 heavy (non-hydrogen) atoms. The fourth-order valence-electron chi connectivity index (χ4n) is 4.20. The second kappa shape index (κ2) is 12.0. The van der Waals surface area contributed by atoms with Gasteiger partial charge in [-0.2, -0.15) is 0 Å². The molecule has 2 N–H and O–H groups in total. The molecule has 1 amide bonds. The third kappa shape index (κ3) is 6.42. The number of amides is 1. The minimum Gasteiger partial charge on any atom is -0.298 e. The van der Waals surface area contributed by atoms with Crippen molar-refractivity contribution in [2.75, 3.05) is 10.0 Å². The van der Waals surface area contributed by atoms with Crippen LogP contribution in [0, 0.1) is 0 Å². The standard InChI is InChI=1S/C31H26ClN3O3S2/c1-2-7-28-29(23-14-12-22(13-15-23)21-8-4-3-5-9-21)33-31(39-28)34-30(36)24-10-6-11-26(20-24)35-40(37,38)27-18-16-25(32)17-19-27/h3-6,8-20,35H,2,7H2,1H3,(H,33,34,36). The van der Waals surface area contributed by atoms with Crippen molar-refractivity contribution < 1.29 is 13.2 Å². The van der Waals surface area contributed by atoms with Crippen molar-refractivity contribution in [3.8, 4) is 22.4 Å². The van der Waals surface area contributed by atoms with Gasteiger partial charge in [0.1, 0.15) is 0 Å². The zero-order valence-electron chi connectivity index (χ0n) is 21.6. The highest BCUT2D eigenvalue weighted by Gasteiger charge is 2.18. The second-order valence-electron chi connectivity index (χ2n) is 9.08. The highest BCUT2D eigenvalue weighted by Crippen LogP contribution is 2.34. The zero-order valence-corrected chi connectivity index (χ0v) is 24.0. The van der Waals surface area contributed by atoms with Crippen LogP contribution >= 0.6 is 22.9 Å². The van der Waals surface area contributed by atoms with E-state index in [2.05, 4.69) is 53.4 Å². The van der Waals surface area contributed by atoms with E-state index in [4.69, 9.17) is 16.6 Å². The number of anilines is 2. The van der Waals surface area contributed by atoms with Crippen LogP contribution in [-0.2, 0) is 16.4 Å². The van der Waals surface area contributed by atoms with Crippen LogP contribution in [0.1, 0.15) is 28.6 Å². The predicted molar refractivity (Wildman–Crippen MR) is 164 cm³/mol. The maximum atomic E-state index is 13.1. The summed E-state index contributed by atoms with van der Waals surface area (Å²) in [5.74, 6) is -0.379. The summed E-state index contributed by atoms with van der Waals surface area (Å²) in [4.78, 5) is 19.0. The van der Waals surface area contributed by atoms with Gasteiger partial charge >= 0.3 is 0 Å². The molecule has 0 spiro atoms. The number of hydrogen-bond acceptors (Lipinski definition) is 5. The van der Waals surface area contributed by atoms with Gasteiger partial charge in [-0.05, 0) is 60.0 Å². The summed E-state index contributed by atoms with van der Waals surface area (Å²) < 4.78 is 28.0. The summed E-state index contributed by atoms with van der Waals surface area (Å²) >= 11 is 7.32. The number of thiazole rings is 1. The number of aromatic nitrogens is 1. The highest BCUT2D eigenvalue weighted by molar-refractivity contribution is 7.92. The van der Waals surface area contributed by atoms with Gasteiger partial charge in [-0.3, -0.25) is 14.8 Å². The van der Waals surface area contributed by atoms with E-state index in [0.29, 0.717) is 15.7 Å². The van der Waals surface area contributed by atoms with Crippen molar-refractivity contribution in [3.05, 3.63) is 119 Å². The molecular formula is C31H26ClN3O3S2. The number of carbonyl (C=O) groups excluding carboxylic acids is 1. The molecule has 0 radical (unpaired) electrons. The van der Waals surface area contributed by atoms with Crippen LogP contribution in [0.2, 0.25) is 5.02 Å². The summed E-state index contributed by atoms with van der Waals surface area (Å²) in [7, 11) is -3.84. The summed E-state index contributed by atoms with van der Waals surface area (Å²) in [6.45, 7) is 2.11. The first kappa shape index (κ1) is 27.6. The number of carbonyl (C=O) groups is 1. The third-order valence-electron chi connectivity index (χ3n) is 6.16. The van der Waals surface area contributed by atoms with Crippen molar-refractivity contribution in [1.29, 1.82) is 0 Å². The molecule has 9 heteroatoms. The number of hydrogen-bond donors (Lipinski definition) is 2. The molecule has 1 aromatic heterocycles. The minimum atomic E-state index is -3.84. The van der Waals surface area contributed by atoms with Crippen LogP contribution < -0.4 is 10.0 Å². The van der Waals surface area contributed by atoms with E-state index >= 15 is 0 Å². The number of benzene rings is 4. The van der Waals surface area contributed by atoms with E-state index in [1.54, 1.807) is 18.2 Å². The molecule has 5 rings (SSSR count). The quantitative estimate of drug-likeness (QED) is 0.182. The lowest BCUT2D eigenvalue weighted by molar-refractivity contribution is 0.102. The molecule has 0 unspecified atom stereocenters. The van der Waals surface area contributed by atoms with Crippen molar-refractivity contribution in [3.63, 3.8) is 0 Å². The Hall–Kier alpha value is -3.98.